The lowest BCUT2D eigenvalue weighted by molar-refractivity contribution is -0.110. The van der Waals surface area contributed by atoms with Gasteiger partial charge in [-0.1, -0.05) is 35.3 Å². The van der Waals surface area contributed by atoms with Crippen LogP contribution in [0.4, 0.5) is 5.69 Å². The highest BCUT2D eigenvalue weighted by Crippen LogP contribution is 2.36. The van der Waals surface area contributed by atoms with Crippen LogP contribution in [0.25, 0.3) is 17.3 Å². The Morgan fingerprint density at radius 3 is 2.52 bits per heavy atom. The Hall–Kier alpha value is -2.49. The van der Waals surface area contributed by atoms with Crippen molar-refractivity contribution in [3.8, 4) is 5.69 Å². The maximum Gasteiger partial charge on any atom is 0.256 e. The van der Waals surface area contributed by atoms with E-state index in [1.165, 1.54) is 0 Å². The smallest absolute Gasteiger partial charge is 0.256 e. The maximum absolute atomic E-state index is 12.5. The van der Waals surface area contributed by atoms with Crippen LogP contribution in [0.2, 0.25) is 10.0 Å². The average molecular weight is 397 g/mol. The summed E-state index contributed by atoms with van der Waals surface area (Å²) in [4.78, 5) is 12.5. The van der Waals surface area contributed by atoms with Crippen molar-refractivity contribution in [2.45, 2.75) is 20.8 Å². The molecule has 1 aliphatic rings. The Labute approximate surface area is 168 Å². The van der Waals surface area contributed by atoms with Crippen LogP contribution in [0.1, 0.15) is 28.1 Å². The van der Waals surface area contributed by atoms with Gasteiger partial charge in [-0.2, -0.15) is 0 Å². The van der Waals surface area contributed by atoms with Crippen molar-refractivity contribution in [3.05, 3.63) is 80.6 Å². The molecule has 0 atom stereocenters. The van der Waals surface area contributed by atoms with Crippen LogP contribution in [0.5, 0.6) is 0 Å². The number of carbonyl (C=O) groups is 1. The van der Waals surface area contributed by atoms with Crippen molar-refractivity contribution >= 4 is 46.4 Å². The number of hydrogen-bond acceptors (Lipinski definition) is 1. The largest absolute Gasteiger partial charge is 0.321 e. The fourth-order valence-electron chi connectivity index (χ4n) is 3.52. The monoisotopic (exact) mass is 396 g/mol. The third-order valence-electron chi connectivity index (χ3n) is 4.95. The molecule has 1 aliphatic heterocycles. The molecule has 3 aromatic rings. The fourth-order valence-corrected chi connectivity index (χ4v) is 3.86. The molecule has 1 amide bonds. The summed E-state index contributed by atoms with van der Waals surface area (Å²) in [7, 11) is 0. The number of amides is 1. The lowest BCUT2D eigenvalue weighted by Crippen LogP contribution is -2.03. The summed E-state index contributed by atoms with van der Waals surface area (Å²) in [6.07, 6.45) is 1.93. The molecule has 0 saturated heterocycles. The van der Waals surface area contributed by atoms with Gasteiger partial charge in [-0.25, -0.2) is 0 Å². The molecule has 0 bridgehead atoms. The molecule has 2 heterocycles. The van der Waals surface area contributed by atoms with Crippen LogP contribution in [0, 0.1) is 20.8 Å². The predicted molar refractivity (Wildman–Crippen MR) is 113 cm³/mol. The van der Waals surface area contributed by atoms with Gasteiger partial charge >= 0.3 is 0 Å². The topological polar surface area (TPSA) is 34.0 Å². The first-order valence-corrected chi connectivity index (χ1v) is 9.39. The molecule has 5 heteroatoms. The fraction of sp³-hybridized carbons (Fsp3) is 0.136. The molecule has 0 fully saturated rings. The molecule has 0 radical (unpaired) electrons. The summed E-state index contributed by atoms with van der Waals surface area (Å²) >= 11 is 12.3. The zero-order valence-corrected chi connectivity index (χ0v) is 16.7. The van der Waals surface area contributed by atoms with E-state index in [1.54, 1.807) is 12.1 Å². The van der Waals surface area contributed by atoms with Crippen molar-refractivity contribution in [1.82, 2.24) is 4.57 Å². The standard InChI is InChI=1S/C22H18Cl2N2O/c1-12-4-6-17(11-20(12)24)26-13(2)8-15(14(26)3)9-19-18-7-5-16(23)10-21(18)25-22(19)27/h4-11H,1-3H3,(H,25,27)/b19-9+. The Bertz CT molecular complexity index is 1130. The molecule has 27 heavy (non-hydrogen) atoms. The van der Waals surface area contributed by atoms with E-state index in [4.69, 9.17) is 23.2 Å². The molecule has 0 spiro atoms. The number of fused-ring (bicyclic) bond motifs is 1. The lowest BCUT2D eigenvalue weighted by Gasteiger charge is -2.11. The van der Waals surface area contributed by atoms with Crippen LogP contribution >= 0.6 is 23.2 Å². The number of benzene rings is 2. The molecule has 0 saturated carbocycles. The molecule has 1 aromatic heterocycles. The van der Waals surface area contributed by atoms with Crippen molar-refractivity contribution in [1.29, 1.82) is 0 Å². The molecular formula is C22H18Cl2N2O. The van der Waals surface area contributed by atoms with E-state index in [1.807, 2.05) is 45.0 Å². The zero-order valence-electron chi connectivity index (χ0n) is 15.2. The van der Waals surface area contributed by atoms with E-state index in [0.29, 0.717) is 10.6 Å². The molecule has 1 N–H and O–H groups in total. The van der Waals surface area contributed by atoms with Crippen molar-refractivity contribution in [3.63, 3.8) is 0 Å². The van der Waals surface area contributed by atoms with E-state index in [2.05, 4.69) is 22.0 Å². The number of nitrogens with one attached hydrogen (secondary N) is 1. The summed E-state index contributed by atoms with van der Waals surface area (Å²) < 4.78 is 2.15. The average Bonchev–Trinajstić information content (AvgIpc) is 3.06. The van der Waals surface area contributed by atoms with Crippen LogP contribution < -0.4 is 5.32 Å². The van der Waals surface area contributed by atoms with Gasteiger partial charge in [0, 0.05) is 38.3 Å². The Morgan fingerprint density at radius 2 is 1.78 bits per heavy atom. The Kier molecular flexibility index (Phi) is 4.37. The first-order valence-electron chi connectivity index (χ1n) is 8.63. The first kappa shape index (κ1) is 17.9. The number of nitrogens with zero attached hydrogens (tertiary/aromatic N) is 1. The van der Waals surface area contributed by atoms with E-state index in [-0.39, 0.29) is 5.91 Å². The second-order valence-corrected chi connectivity index (χ2v) is 7.64. The Morgan fingerprint density at radius 1 is 1.00 bits per heavy atom. The van der Waals surface area contributed by atoms with Crippen molar-refractivity contribution < 1.29 is 4.79 Å². The number of anilines is 1. The summed E-state index contributed by atoms with van der Waals surface area (Å²) in [6, 6.07) is 13.6. The molecule has 136 valence electrons. The minimum absolute atomic E-state index is 0.115. The van der Waals surface area contributed by atoms with Crippen LogP contribution in [0.15, 0.2) is 42.5 Å². The molecule has 0 aliphatic carbocycles. The third kappa shape index (κ3) is 3.07. The van der Waals surface area contributed by atoms with Gasteiger partial charge in [-0.3, -0.25) is 4.79 Å². The second kappa shape index (κ2) is 6.59. The van der Waals surface area contributed by atoms with Crippen molar-refractivity contribution in [2.24, 2.45) is 0 Å². The van der Waals surface area contributed by atoms with Gasteiger partial charge in [0.15, 0.2) is 0 Å². The van der Waals surface area contributed by atoms with Gasteiger partial charge in [0.1, 0.15) is 0 Å². The summed E-state index contributed by atoms with van der Waals surface area (Å²) in [5.41, 5.74) is 7.44. The first-order chi connectivity index (χ1) is 12.8. The minimum Gasteiger partial charge on any atom is -0.321 e. The SMILES string of the molecule is Cc1ccc(-n2c(C)cc(/C=C3/C(=O)Nc4cc(Cl)ccc43)c2C)cc1Cl. The van der Waals surface area contributed by atoms with E-state index < -0.39 is 0 Å². The number of aromatic nitrogens is 1. The van der Waals surface area contributed by atoms with Gasteiger partial charge in [-0.05, 0) is 68.3 Å². The van der Waals surface area contributed by atoms with Gasteiger partial charge < -0.3 is 9.88 Å². The normalized spacial score (nSPS) is 14.6. The van der Waals surface area contributed by atoms with Gasteiger partial charge in [0.2, 0.25) is 0 Å². The van der Waals surface area contributed by atoms with E-state index >= 15 is 0 Å². The summed E-state index contributed by atoms with van der Waals surface area (Å²) in [5, 5.41) is 4.22. The summed E-state index contributed by atoms with van der Waals surface area (Å²) in [6.45, 7) is 6.08. The van der Waals surface area contributed by atoms with Crippen molar-refractivity contribution in [2.75, 3.05) is 5.32 Å². The minimum atomic E-state index is -0.115. The molecular weight excluding hydrogens is 379 g/mol. The number of rotatable bonds is 2. The highest BCUT2D eigenvalue weighted by molar-refractivity contribution is 6.36. The van der Waals surface area contributed by atoms with E-state index in [9.17, 15) is 4.79 Å². The molecule has 2 aromatic carbocycles. The number of aryl methyl sites for hydroxylation is 2. The lowest BCUT2D eigenvalue weighted by atomic mass is 10.0. The predicted octanol–water partition coefficient (Wildman–Crippen LogP) is 6.20. The van der Waals surface area contributed by atoms with Crippen LogP contribution in [-0.4, -0.2) is 10.5 Å². The second-order valence-electron chi connectivity index (χ2n) is 6.80. The van der Waals surface area contributed by atoms with Crippen LogP contribution in [-0.2, 0) is 4.79 Å². The van der Waals surface area contributed by atoms with Gasteiger partial charge in [0.25, 0.3) is 5.91 Å². The van der Waals surface area contributed by atoms with E-state index in [0.717, 1.165) is 44.5 Å². The molecule has 0 unspecified atom stereocenters. The van der Waals surface area contributed by atoms with Crippen LogP contribution in [0.3, 0.4) is 0 Å². The zero-order chi connectivity index (χ0) is 19.3. The van der Waals surface area contributed by atoms with Gasteiger partial charge in [-0.15, -0.1) is 0 Å². The highest BCUT2D eigenvalue weighted by atomic mass is 35.5. The number of carbonyl (C=O) groups excluding carboxylic acids is 1. The maximum atomic E-state index is 12.5. The Balaban J connectivity index is 1.82. The highest BCUT2D eigenvalue weighted by Gasteiger charge is 2.25. The van der Waals surface area contributed by atoms with Gasteiger partial charge in [0.05, 0.1) is 5.69 Å². The number of hydrogen-bond donors (Lipinski definition) is 1. The summed E-state index contributed by atoms with van der Waals surface area (Å²) in [5.74, 6) is -0.115. The third-order valence-corrected chi connectivity index (χ3v) is 5.59. The quantitative estimate of drug-likeness (QED) is 0.513. The number of halogens is 2. The molecule has 4 rings (SSSR count). The molecule has 3 nitrogen and oxygen atoms in total.